The van der Waals surface area contributed by atoms with Gasteiger partial charge in [0.2, 0.25) is 5.75 Å². The first-order valence-electron chi connectivity index (χ1n) is 11.2. The van der Waals surface area contributed by atoms with Gasteiger partial charge in [0, 0.05) is 16.1 Å². The number of nitrogens with one attached hydrogen (secondary N) is 1. The summed E-state index contributed by atoms with van der Waals surface area (Å²) in [7, 11) is 6.63. The van der Waals surface area contributed by atoms with Gasteiger partial charge in [-0.05, 0) is 54.3 Å². The van der Waals surface area contributed by atoms with E-state index < -0.39 is 0 Å². The Morgan fingerprint density at radius 3 is 2.24 bits per heavy atom. The van der Waals surface area contributed by atoms with Gasteiger partial charge < -0.3 is 29.0 Å². The second-order valence-corrected chi connectivity index (χ2v) is 8.90. The number of hydrogen-bond donors (Lipinski definition) is 1. The van der Waals surface area contributed by atoms with Crippen molar-refractivity contribution < 1.29 is 23.7 Å². The van der Waals surface area contributed by atoms with Crippen molar-refractivity contribution >= 4 is 15.9 Å². The van der Waals surface area contributed by atoms with E-state index in [1.165, 1.54) is 0 Å². The van der Waals surface area contributed by atoms with E-state index in [1.807, 2.05) is 42.5 Å². The fraction of sp³-hybridized carbons (Fsp3) is 0.333. The van der Waals surface area contributed by atoms with Gasteiger partial charge in [-0.25, -0.2) is 0 Å². The zero-order chi connectivity index (χ0) is 24.1. The molecule has 0 radical (unpaired) electrons. The zero-order valence-corrected chi connectivity index (χ0v) is 21.5. The van der Waals surface area contributed by atoms with Crippen molar-refractivity contribution in [3.63, 3.8) is 0 Å². The van der Waals surface area contributed by atoms with Gasteiger partial charge in [-0.1, -0.05) is 46.3 Å². The lowest BCUT2D eigenvalue weighted by atomic mass is 9.89. The number of halogens is 1. The highest BCUT2D eigenvalue weighted by molar-refractivity contribution is 9.10. The maximum absolute atomic E-state index is 6.22. The molecule has 34 heavy (non-hydrogen) atoms. The van der Waals surface area contributed by atoms with Crippen LogP contribution in [-0.4, -0.2) is 35.0 Å². The highest BCUT2D eigenvalue weighted by Crippen LogP contribution is 2.46. The fourth-order valence-corrected chi connectivity index (χ4v) is 4.90. The molecule has 0 amide bonds. The fourth-order valence-electron chi connectivity index (χ4n) is 4.41. The summed E-state index contributed by atoms with van der Waals surface area (Å²) in [5.74, 6) is 3.44. The Hall–Kier alpha value is -2.90. The lowest BCUT2D eigenvalue weighted by Gasteiger charge is -2.30. The molecule has 1 aliphatic heterocycles. The number of benzene rings is 3. The van der Waals surface area contributed by atoms with Crippen molar-refractivity contribution in [3.8, 4) is 28.7 Å². The molecule has 0 aromatic heterocycles. The minimum atomic E-state index is 0.0733. The van der Waals surface area contributed by atoms with Crippen LogP contribution in [0.3, 0.4) is 0 Å². The molecule has 7 heteroatoms. The average Bonchev–Trinajstić information content (AvgIpc) is 2.88. The molecule has 180 valence electrons. The van der Waals surface area contributed by atoms with Crippen LogP contribution in [0.25, 0.3) is 0 Å². The SMILES string of the molecule is COc1cc(Br)c(CC2NCCc3c2cc(OC)c(OCc2ccccc2)c3OC)cc1OC. The van der Waals surface area contributed by atoms with E-state index in [2.05, 4.69) is 27.3 Å². The summed E-state index contributed by atoms with van der Waals surface area (Å²) in [5.41, 5.74) is 4.49. The molecule has 1 heterocycles. The van der Waals surface area contributed by atoms with Gasteiger partial charge in [-0.15, -0.1) is 0 Å². The lowest BCUT2D eigenvalue weighted by molar-refractivity contribution is 0.263. The van der Waals surface area contributed by atoms with Crippen LogP contribution >= 0.6 is 15.9 Å². The first-order valence-corrected chi connectivity index (χ1v) is 12.0. The predicted molar refractivity (Wildman–Crippen MR) is 136 cm³/mol. The first kappa shape index (κ1) is 24.2. The summed E-state index contributed by atoms with van der Waals surface area (Å²) < 4.78 is 29.8. The van der Waals surface area contributed by atoms with E-state index in [4.69, 9.17) is 23.7 Å². The standard InChI is InChI=1S/C27H30BrNO5/c1-30-23-13-18(21(28)15-24(23)31-2)12-22-20-14-25(32-3)27(26(33-4)19(20)10-11-29-22)34-16-17-8-6-5-7-9-17/h5-9,13-15,22,29H,10-12,16H2,1-4H3. The minimum absolute atomic E-state index is 0.0733. The third-order valence-corrected chi connectivity index (χ3v) is 6.85. The summed E-state index contributed by atoms with van der Waals surface area (Å²) in [6.45, 7) is 1.27. The topological polar surface area (TPSA) is 58.2 Å². The molecule has 0 bridgehead atoms. The molecule has 0 saturated carbocycles. The summed E-state index contributed by atoms with van der Waals surface area (Å²) in [5, 5.41) is 3.65. The van der Waals surface area contributed by atoms with Gasteiger partial charge in [0.1, 0.15) is 6.61 Å². The van der Waals surface area contributed by atoms with Crippen molar-refractivity contribution in [1.29, 1.82) is 0 Å². The van der Waals surface area contributed by atoms with E-state index in [-0.39, 0.29) is 6.04 Å². The van der Waals surface area contributed by atoms with Crippen molar-refractivity contribution in [2.24, 2.45) is 0 Å². The van der Waals surface area contributed by atoms with E-state index in [0.29, 0.717) is 29.6 Å². The van der Waals surface area contributed by atoms with Crippen LogP contribution in [0, 0.1) is 0 Å². The molecule has 0 aliphatic carbocycles. The number of ether oxygens (including phenoxy) is 5. The van der Waals surface area contributed by atoms with Crippen LogP contribution in [0.1, 0.15) is 28.3 Å². The highest BCUT2D eigenvalue weighted by atomic mass is 79.9. The quantitative estimate of drug-likeness (QED) is 0.397. The van der Waals surface area contributed by atoms with Crippen molar-refractivity contribution in [2.45, 2.75) is 25.5 Å². The van der Waals surface area contributed by atoms with E-state index in [9.17, 15) is 0 Å². The normalized spacial score (nSPS) is 14.8. The molecular weight excluding hydrogens is 498 g/mol. The van der Waals surface area contributed by atoms with Crippen LogP contribution in [-0.2, 0) is 19.4 Å². The molecule has 1 N–H and O–H groups in total. The van der Waals surface area contributed by atoms with Gasteiger partial charge in [0.25, 0.3) is 0 Å². The largest absolute Gasteiger partial charge is 0.493 e. The molecule has 6 nitrogen and oxygen atoms in total. The summed E-state index contributed by atoms with van der Waals surface area (Å²) in [6, 6.07) is 16.2. The molecule has 4 rings (SSSR count). The molecule has 3 aromatic carbocycles. The van der Waals surface area contributed by atoms with Crippen LogP contribution in [0.2, 0.25) is 0 Å². The molecule has 1 unspecified atom stereocenters. The predicted octanol–water partition coefficient (Wildman–Crippen LogP) is 5.49. The van der Waals surface area contributed by atoms with Gasteiger partial charge >= 0.3 is 0 Å². The van der Waals surface area contributed by atoms with Gasteiger partial charge in [0.05, 0.1) is 28.4 Å². The molecule has 1 atom stereocenters. The Bertz CT molecular complexity index is 1140. The van der Waals surface area contributed by atoms with Crippen molar-refractivity contribution in [1.82, 2.24) is 5.32 Å². The van der Waals surface area contributed by atoms with E-state index in [1.54, 1.807) is 28.4 Å². The number of methoxy groups -OCH3 is 4. The Morgan fingerprint density at radius 1 is 0.853 bits per heavy atom. The number of fused-ring (bicyclic) bond motifs is 1. The number of rotatable bonds is 9. The van der Waals surface area contributed by atoms with E-state index in [0.717, 1.165) is 51.9 Å². The lowest BCUT2D eigenvalue weighted by Crippen LogP contribution is -2.31. The second-order valence-electron chi connectivity index (χ2n) is 8.04. The van der Waals surface area contributed by atoms with Crippen LogP contribution in [0.5, 0.6) is 28.7 Å². The maximum atomic E-state index is 6.22. The maximum Gasteiger partial charge on any atom is 0.204 e. The summed E-state index contributed by atoms with van der Waals surface area (Å²) in [6.07, 6.45) is 1.60. The molecule has 0 spiro atoms. The van der Waals surface area contributed by atoms with E-state index >= 15 is 0 Å². The Morgan fingerprint density at radius 2 is 1.56 bits per heavy atom. The molecular formula is C27H30BrNO5. The monoisotopic (exact) mass is 527 g/mol. The summed E-state index contributed by atoms with van der Waals surface area (Å²) >= 11 is 3.70. The molecule has 0 saturated heterocycles. The van der Waals surface area contributed by atoms with Crippen molar-refractivity contribution in [3.05, 3.63) is 75.3 Å². The molecule has 0 fully saturated rings. The molecule has 3 aromatic rings. The third-order valence-electron chi connectivity index (χ3n) is 6.11. The second kappa shape index (κ2) is 11.0. The third kappa shape index (κ3) is 4.95. The highest BCUT2D eigenvalue weighted by Gasteiger charge is 2.29. The zero-order valence-electron chi connectivity index (χ0n) is 19.9. The van der Waals surface area contributed by atoms with Crippen LogP contribution in [0.4, 0.5) is 0 Å². The first-order chi connectivity index (χ1) is 16.6. The van der Waals surface area contributed by atoms with Gasteiger partial charge in [-0.2, -0.15) is 0 Å². The van der Waals surface area contributed by atoms with Crippen LogP contribution < -0.4 is 29.0 Å². The van der Waals surface area contributed by atoms with Crippen LogP contribution in [0.15, 0.2) is 53.0 Å². The minimum Gasteiger partial charge on any atom is -0.493 e. The Kier molecular flexibility index (Phi) is 7.85. The Balaban J connectivity index is 1.68. The smallest absolute Gasteiger partial charge is 0.204 e. The Labute approximate surface area is 209 Å². The average molecular weight is 528 g/mol. The molecule has 1 aliphatic rings. The van der Waals surface area contributed by atoms with Crippen molar-refractivity contribution in [2.75, 3.05) is 35.0 Å². The summed E-state index contributed by atoms with van der Waals surface area (Å²) in [4.78, 5) is 0. The van der Waals surface area contributed by atoms with Gasteiger partial charge in [-0.3, -0.25) is 0 Å². The van der Waals surface area contributed by atoms with Gasteiger partial charge in [0.15, 0.2) is 23.0 Å². The number of hydrogen-bond acceptors (Lipinski definition) is 6.